The van der Waals surface area contributed by atoms with Crippen molar-refractivity contribution in [2.75, 3.05) is 6.61 Å². The molecule has 4 rings (SSSR count). The molecule has 0 aliphatic heterocycles. The number of carbonyl (C=O) groups excluding carboxylic acids is 1. The van der Waals surface area contributed by atoms with E-state index in [2.05, 4.69) is 9.88 Å². The number of carbonyl (C=O) groups is 1. The summed E-state index contributed by atoms with van der Waals surface area (Å²) in [5, 5.41) is 3.56. The molecule has 5 nitrogen and oxygen atoms in total. The minimum atomic E-state index is -0.291. The maximum Gasteiger partial charge on any atom is 0.251 e. The van der Waals surface area contributed by atoms with Gasteiger partial charge in [-0.25, -0.2) is 4.98 Å². The van der Waals surface area contributed by atoms with Gasteiger partial charge < -0.3 is 14.6 Å². The van der Waals surface area contributed by atoms with Gasteiger partial charge in [0.15, 0.2) is 0 Å². The molecule has 30 heavy (non-hydrogen) atoms. The first kappa shape index (κ1) is 20.0. The lowest BCUT2D eigenvalue weighted by atomic mass is 10.2. The number of amides is 1. The molecule has 0 aliphatic carbocycles. The van der Waals surface area contributed by atoms with E-state index in [1.54, 1.807) is 24.3 Å². The van der Waals surface area contributed by atoms with Crippen molar-refractivity contribution in [1.29, 1.82) is 0 Å². The highest BCUT2D eigenvalue weighted by molar-refractivity contribution is 6.30. The van der Waals surface area contributed by atoms with E-state index in [0.717, 1.165) is 22.6 Å². The van der Waals surface area contributed by atoms with Crippen molar-refractivity contribution in [1.82, 2.24) is 14.9 Å². The third-order valence-corrected chi connectivity index (χ3v) is 5.07. The zero-order valence-electron chi connectivity index (χ0n) is 16.6. The second-order valence-corrected chi connectivity index (χ2v) is 7.41. The van der Waals surface area contributed by atoms with E-state index in [1.165, 1.54) is 0 Å². The number of rotatable bonds is 7. The number of nitrogens with one attached hydrogen (secondary N) is 1. The number of imidazole rings is 1. The Morgan fingerprint density at radius 3 is 2.63 bits per heavy atom. The van der Waals surface area contributed by atoms with E-state index in [-0.39, 0.29) is 11.9 Å². The standard InChI is InChI=1S/C24H22ClN3O2/c1-17(26-24(29)18-8-7-9-19(25)16-18)23-27-21-12-5-6-13-22(21)28(23)14-15-30-20-10-3-2-4-11-20/h2-13,16-17H,14-15H2,1H3,(H,26,29). The number of aromatic nitrogens is 2. The van der Waals surface area contributed by atoms with Gasteiger partial charge >= 0.3 is 0 Å². The summed E-state index contributed by atoms with van der Waals surface area (Å²) >= 11 is 6.02. The number of para-hydroxylation sites is 3. The predicted molar refractivity (Wildman–Crippen MR) is 119 cm³/mol. The van der Waals surface area contributed by atoms with Crippen LogP contribution in [-0.4, -0.2) is 22.1 Å². The van der Waals surface area contributed by atoms with Crippen LogP contribution in [0.15, 0.2) is 78.9 Å². The van der Waals surface area contributed by atoms with Gasteiger partial charge in [-0.2, -0.15) is 0 Å². The van der Waals surface area contributed by atoms with Crippen molar-refractivity contribution in [3.05, 3.63) is 95.3 Å². The molecule has 1 atom stereocenters. The summed E-state index contributed by atoms with van der Waals surface area (Å²) in [6, 6.07) is 24.3. The van der Waals surface area contributed by atoms with Gasteiger partial charge in [-0.05, 0) is 49.4 Å². The SMILES string of the molecule is CC(NC(=O)c1cccc(Cl)c1)c1nc2ccccc2n1CCOc1ccccc1. The van der Waals surface area contributed by atoms with Crippen molar-refractivity contribution in [3.63, 3.8) is 0 Å². The first-order valence-corrected chi connectivity index (χ1v) is 10.2. The Labute approximate surface area is 180 Å². The number of hydrogen-bond acceptors (Lipinski definition) is 3. The summed E-state index contributed by atoms with van der Waals surface area (Å²) in [5.41, 5.74) is 2.41. The van der Waals surface area contributed by atoms with E-state index in [1.807, 2.05) is 61.5 Å². The second kappa shape index (κ2) is 9.01. The first-order valence-electron chi connectivity index (χ1n) is 9.81. The van der Waals surface area contributed by atoms with E-state index in [9.17, 15) is 4.79 Å². The van der Waals surface area contributed by atoms with E-state index < -0.39 is 0 Å². The van der Waals surface area contributed by atoms with Crippen molar-refractivity contribution in [2.24, 2.45) is 0 Å². The van der Waals surface area contributed by atoms with Gasteiger partial charge in [0.05, 0.1) is 23.6 Å². The fourth-order valence-corrected chi connectivity index (χ4v) is 3.60. The summed E-state index contributed by atoms with van der Waals surface area (Å²) in [7, 11) is 0. The molecule has 152 valence electrons. The third-order valence-electron chi connectivity index (χ3n) is 4.83. The maximum atomic E-state index is 12.7. The van der Waals surface area contributed by atoms with Crippen LogP contribution < -0.4 is 10.1 Å². The highest BCUT2D eigenvalue weighted by Crippen LogP contribution is 2.22. The van der Waals surface area contributed by atoms with Crippen LogP contribution in [-0.2, 0) is 6.54 Å². The van der Waals surface area contributed by atoms with Crippen LogP contribution in [0.1, 0.15) is 29.1 Å². The zero-order chi connectivity index (χ0) is 20.9. The van der Waals surface area contributed by atoms with Crippen LogP contribution in [0.2, 0.25) is 5.02 Å². The molecule has 3 aromatic carbocycles. The van der Waals surface area contributed by atoms with Gasteiger partial charge in [0.25, 0.3) is 5.91 Å². The van der Waals surface area contributed by atoms with Gasteiger partial charge in [0, 0.05) is 10.6 Å². The zero-order valence-corrected chi connectivity index (χ0v) is 17.3. The normalized spacial score (nSPS) is 11.9. The highest BCUT2D eigenvalue weighted by Gasteiger charge is 2.19. The number of ether oxygens (including phenoxy) is 1. The molecular formula is C24H22ClN3O2. The highest BCUT2D eigenvalue weighted by atomic mass is 35.5. The lowest BCUT2D eigenvalue weighted by Crippen LogP contribution is -2.29. The van der Waals surface area contributed by atoms with E-state index in [0.29, 0.717) is 23.7 Å². The van der Waals surface area contributed by atoms with Crippen LogP contribution in [0.4, 0.5) is 0 Å². The first-order chi connectivity index (χ1) is 14.6. The molecule has 1 unspecified atom stereocenters. The Morgan fingerprint density at radius 2 is 1.83 bits per heavy atom. The molecule has 1 aromatic heterocycles. The average molecular weight is 420 g/mol. The smallest absolute Gasteiger partial charge is 0.251 e. The average Bonchev–Trinajstić information content (AvgIpc) is 3.13. The maximum absolute atomic E-state index is 12.7. The number of hydrogen-bond donors (Lipinski definition) is 1. The van der Waals surface area contributed by atoms with Crippen LogP contribution in [0, 0.1) is 0 Å². The summed E-state index contributed by atoms with van der Waals surface area (Å²) < 4.78 is 7.97. The molecule has 1 N–H and O–H groups in total. The lowest BCUT2D eigenvalue weighted by Gasteiger charge is -2.17. The summed E-state index contributed by atoms with van der Waals surface area (Å²) in [4.78, 5) is 17.4. The molecule has 0 saturated heterocycles. The molecule has 0 saturated carbocycles. The fourth-order valence-electron chi connectivity index (χ4n) is 3.41. The monoisotopic (exact) mass is 419 g/mol. The van der Waals surface area contributed by atoms with Crippen LogP contribution >= 0.6 is 11.6 Å². The minimum absolute atomic E-state index is 0.191. The van der Waals surface area contributed by atoms with E-state index in [4.69, 9.17) is 21.3 Å². The van der Waals surface area contributed by atoms with Gasteiger partial charge in [-0.3, -0.25) is 4.79 Å². The number of benzene rings is 3. The summed E-state index contributed by atoms with van der Waals surface area (Å²) in [5.74, 6) is 1.41. The van der Waals surface area contributed by atoms with Crippen LogP contribution in [0.25, 0.3) is 11.0 Å². The third kappa shape index (κ3) is 4.47. The topological polar surface area (TPSA) is 56.2 Å². The Morgan fingerprint density at radius 1 is 1.07 bits per heavy atom. The quantitative estimate of drug-likeness (QED) is 0.444. The molecule has 0 aliphatic rings. The minimum Gasteiger partial charge on any atom is -0.492 e. The van der Waals surface area contributed by atoms with Crippen molar-refractivity contribution < 1.29 is 9.53 Å². The number of fused-ring (bicyclic) bond motifs is 1. The molecule has 1 amide bonds. The molecule has 0 spiro atoms. The predicted octanol–water partition coefficient (Wildman–Crippen LogP) is 5.26. The fraction of sp³-hybridized carbons (Fsp3) is 0.167. The molecule has 6 heteroatoms. The largest absolute Gasteiger partial charge is 0.492 e. The van der Waals surface area contributed by atoms with Crippen LogP contribution in [0.3, 0.4) is 0 Å². The summed E-state index contributed by atoms with van der Waals surface area (Å²) in [6.07, 6.45) is 0. The molecule has 4 aromatic rings. The molecule has 0 bridgehead atoms. The Kier molecular flexibility index (Phi) is 6.00. The summed E-state index contributed by atoms with van der Waals surface area (Å²) in [6.45, 7) is 3.03. The van der Waals surface area contributed by atoms with Gasteiger partial charge in [0.2, 0.25) is 0 Å². The molecule has 0 fully saturated rings. The van der Waals surface area contributed by atoms with Crippen molar-refractivity contribution in [3.8, 4) is 5.75 Å². The van der Waals surface area contributed by atoms with Crippen molar-refractivity contribution in [2.45, 2.75) is 19.5 Å². The Hall–Kier alpha value is -3.31. The van der Waals surface area contributed by atoms with Crippen LogP contribution in [0.5, 0.6) is 5.75 Å². The number of halogens is 1. The Bertz CT molecular complexity index is 1160. The van der Waals surface area contributed by atoms with Crippen molar-refractivity contribution >= 4 is 28.5 Å². The molecular weight excluding hydrogens is 398 g/mol. The van der Waals surface area contributed by atoms with E-state index >= 15 is 0 Å². The Balaban J connectivity index is 1.55. The van der Waals surface area contributed by atoms with Gasteiger partial charge in [-0.15, -0.1) is 0 Å². The van der Waals surface area contributed by atoms with Gasteiger partial charge in [-0.1, -0.05) is 48.0 Å². The second-order valence-electron chi connectivity index (χ2n) is 6.98. The molecule has 1 heterocycles. The number of nitrogens with zero attached hydrogens (tertiary/aromatic N) is 2. The lowest BCUT2D eigenvalue weighted by molar-refractivity contribution is 0.0937. The van der Waals surface area contributed by atoms with Gasteiger partial charge in [0.1, 0.15) is 18.2 Å². The molecule has 0 radical (unpaired) electrons.